The summed E-state index contributed by atoms with van der Waals surface area (Å²) >= 11 is 0. The lowest BCUT2D eigenvalue weighted by Crippen LogP contribution is -2.37. The van der Waals surface area contributed by atoms with E-state index in [0.717, 1.165) is 33.3 Å². The maximum Gasteiger partial charge on any atom is 0.287 e. The molecule has 132 valence electrons. The minimum absolute atomic E-state index is 0.0656. The molecule has 4 heteroatoms. The third kappa shape index (κ3) is 3.55. The Morgan fingerprint density at radius 2 is 1.74 bits per heavy atom. The number of nitrogens with zero attached hydrogens (tertiary/aromatic N) is 2. The molecule has 1 heterocycles. The average Bonchev–Trinajstić information content (AvgIpc) is 2.74. The van der Waals surface area contributed by atoms with Crippen molar-refractivity contribution >= 4 is 16.6 Å². The fourth-order valence-corrected chi connectivity index (χ4v) is 3.13. The molecule has 0 saturated heterocycles. The van der Waals surface area contributed by atoms with Crippen molar-refractivity contribution in [3.63, 3.8) is 0 Å². The number of carbonyl (C=O) groups is 1. The van der Waals surface area contributed by atoms with Crippen molar-refractivity contribution in [3.05, 3.63) is 90.9 Å². The number of hydrogen-bond donors (Lipinski definition) is 0. The molecule has 0 amide bonds. The second-order valence-electron chi connectivity index (χ2n) is 6.30. The van der Waals surface area contributed by atoms with Gasteiger partial charge in [-0.2, -0.15) is 0 Å². The lowest BCUT2D eigenvalue weighted by molar-refractivity contribution is -0.686. The standard InChI is InChI=1S/C23H19N2O2/c1-27-19-11-9-18(10-12-19)22-13-14-25(16-24-22)15-23(26)21-8-4-6-17-5-2-3-7-20(17)21/h2-14,16H,15H2,1H3/q+1. The Labute approximate surface area is 157 Å². The molecule has 27 heavy (non-hydrogen) atoms. The summed E-state index contributed by atoms with van der Waals surface area (Å²) in [4.78, 5) is 17.3. The third-order valence-corrected chi connectivity index (χ3v) is 4.57. The summed E-state index contributed by atoms with van der Waals surface area (Å²) in [5, 5.41) is 2.05. The van der Waals surface area contributed by atoms with Crippen LogP contribution in [0.15, 0.2) is 85.3 Å². The Kier molecular flexibility index (Phi) is 4.62. The monoisotopic (exact) mass is 355 g/mol. The minimum Gasteiger partial charge on any atom is -0.497 e. The SMILES string of the molecule is COc1ccc(-c2cc[n+](CC(=O)c3cccc4ccccc34)cn2)cc1. The van der Waals surface area contributed by atoms with Crippen LogP contribution >= 0.6 is 0 Å². The summed E-state index contributed by atoms with van der Waals surface area (Å²) < 4.78 is 6.98. The number of aromatic nitrogens is 2. The van der Waals surface area contributed by atoms with Crippen LogP contribution in [0.25, 0.3) is 22.0 Å². The van der Waals surface area contributed by atoms with Crippen molar-refractivity contribution in [3.8, 4) is 17.0 Å². The van der Waals surface area contributed by atoms with Gasteiger partial charge in [0, 0.05) is 17.2 Å². The highest BCUT2D eigenvalue weighted by molar-refractivity contribution is 6.07. The summed E-state index contributed by atoms with van der Waals surface area (Å²) in [5.41, 5.74) is 2.59. The molecular weight excluding hydrogens is 336 g/mol. The zero-order valence-corrected chi connectivity index (χ0v) is 15.0. The zero-order chi connectivity index (χ0) is 18.6. The van der Waals surface area contributed by atoms with Crippen LogP contribution < -0.4 is 9.30 Å². The molecule has 3 aromatic carbocycles. The zero-order valence-electron chi connectivity index (χ0n) is 15.0. The average molecular weight is 355 g/mol. The molecule has 0 bridgehead atoms. The van der Waals surface area contributed by atoms with E-state index in [1.165, 1.54) is 0 Å². The van der Waals surface area contributed by atoms with Crippen LogP contribution in [-0.4, -0.2) is 17.9 Å². The molecule has 0 unspecified atom stereocenters. The Hall–Kier alpha value is -3.53. The van der Waals surface area contributed by atoms with Gasteiger partial charge in [0.25, 0.3) is 6.33 Å². The minimum atomic E-state index is 0.0656. The molecule has 1 aromatic heterocycles. The molecule has 0 aliphatic carbocycles. The highest BCUT2D eigenvalue weighted by atomic mass is 16.5. The summed E-state index contributed by atoms with van der Waals surface area (Å²) in [7, 11) is 1.64. The molecule has 0 saturated carbocycles. The number of hydrogen-bond acceptors (Lipinski definition) is 3. The quantitative estimate of drug-likeness (QED) is 0.400. The summed E-state index contributed by atoms with van der Waals surface area (Å²) in [5.74, 6) is 0.876. The molecule has 0 atom stereocenters. The molecule has 4 aromatic rings. The van der Waals surface area contributed by atoms with Crippen molar-refractivity contribution in [2.45, 2.75) is 6.54 Å². The van der Waals surface area contributed by atoms with Crippen LogP contribution in [0.4, 0.5) is 0 Å². The molecule has 4 nitrogen and oxygen atoms in total. The Balaban J connectivity index is 1.54. The second-order valence-corrected chi connectivity index (χ2v) is 6.30. The number of methoxy groups -OCH3 is 1. The predicted molar refractivity (Wildman–Crippen MR) is 105 cm³/mol. The van der Waals surface area contributed by atoms with E-state index < -0.39 is 0 Å². The van der Waals surface area contributed by atoms with Gasteiger partial charge in [-0.3, -0.25) is 4.79 Å². The second kappa shape index (κ2) is 7.38. The Morgan fingerprint density at radius 1 is 0.963 bits per heavy atom. The Morgan fingerprint density at radius 3 is 2.48 bits per heavy atom. The Bertz CT molecular complexity index is 1080. The lowest BCUT2D eigenvalue weighted by Gasteiger charge is -2.05. The van der Waals surface area contributed by atoms with Gasteiger partial charge in [0.15, 0.2) is 12.2 Å². The van der Waals surface area contributed by atoms with Gasteiger partial charge in [-0.1, -0.05) is 42.5 Å². The normalized spacial score (nSPS) is 10.7. The van der Waals surface area contributed by atoms with Crippen molar-refractivity contribution in [1.82, 2.24) is 4.98 Å². The first kappa shape index (κ1) is 16.9. The van der Waals surface area contributed by atoms with Gasteiger partial charge in [-0.25, -0.2) is 4.57 Å². The summed E-state index contributed by atoms with van der Waals surface area (Å²) in [6, 6.07) is 23.4. The van der Waals surface area contributed by atoms with Crippen molar-refractivity contribution < 1.29 is 14.1 Å². The fourth-order valence-electron chi connectivity index (χ4n) is 3.13. The number of rotatable bonds is 5. The number of carbonyl (C=O) groups excluding carboxylic acids is 1. The first-order valence-corrected chi connectivity index (χ1v) is 8.75. The van der Waals surface area contributed by atoms with Crippen LogP contribution in [-0.2, 0) is 6.54 Å². The van der Waals surface area contributed by atoms with Crippen LogP contribution in [0, 0.1) is 0 Å². The van der Waals surface area contributed by atoms with Gasteiger partial charge >= 0.3 is 0 Å². The number of Topliss-reactive ketones (excluding diaryl/α,β-unsaturated/α-hetero) is 1. The number of ether oxygens (including phenoxy) is 1. The first-order valence-electron chi connectivity index (χ1n) is 8.75. The van der Waals surface area contributed by atoms with E-state index in [4.69, 9.17) is 4.74 Å². The highest BCUT2D eigenvalue weighted by Gasteiger charge is 2.14. The van der Waals surface area contributed by atoms with E-state index >= 15 is 0 Å². The highest BCUT2D eigenvalue weighted by Crippen LogP contribution is 2.20. The van der Waals surface area contributed by atoms with Crippen molar-refractivity contribution in [1.29, 1.82) is 0 Å². The smallest absolute Gasteiger partial charge is 0.287 e. The fraction of sp³-hybridized carbons (Fsp3) is 0.0870. The van der Waals surface area contributed by atoms with E-state index in [1.807, 2.05) is 79.0 Å². The molecule has 0 N–H and O–H groups in total. The van der Waals surface area contributed by atoms with E-state index in [0.29, 0.717) is 0 Å². The number of benzene rings is 3. The largest absolute Gasteiger partial charge is 0.497 e. The van der Waals surface area contributed by atoms with E-state index in [9.17, 15) is 4.79 Å². The molecule has 0 fully saturated rings. The van der Waals surface area contributed by atoms with Crippen molar-refractivity contribution in [2.24, 2.45) is 0 Å². The van der Waals surface area contributed by atoms with E-state index in [-0.39, 0.29) is 12.3 Å². The molecule has 0 aliphatic rings. The van der Waals surface area contributed by atoms with Crippen LogP contribution in [0.5, 0.6) is 5.75 Å². The van der Waals surface area contributed by atoms with E-state index in [1.54, 1.807) is 18.0 Å². The predicted octanol–water partition coefficient (Wildman–Crippen LogP) is 4.08. The number of fused-ring (bicyclic) bond motifs is 1. The van der Waals surface area contributed by atoms with Gasteiger partial charge in [0.05, 0.1) is 13.3 Å². The maximum absolute atomic E-state index is 12.8. The van der Waals surface area contributed by atoms with E-state index in [2.05, 4.69) is 4.98 Å². The summed E-state index contributed by atoms with van der Waals surface area (Å²) in [6.07, 6.45) is 3.58. The van der Waals surface area contributed by atoms with Gasteiger partial charge < -0.3 is 4.74 Å². The first-order chi connectivity index (χ1) is 13.2. The molecule has 4 rings (SSSR count). The molecular formula is C23H19N2O2+. The van der Waals surface area contributed by atoms with Gasteiger partial charge in [-0.15, -0.1) is 0 Å². The number of ketones is 1. The van der Waals surface area contributed by atoms with Gasteiger partial charge in [0.2, 0.25) is 5.78 Å². The van der Waals surface area contributed by atoms with Crippen LogP contribution in [0.1, 0.15) is 10.4 Å². The lowest BCUT2D eigenvalue weighted by atomic mass is 10.0. The molecule has 0 radical (unpaired) electrons. The van der Waals surface area contributed by atoms with Crippen LogP contribution in [0.3, 0.4) is 0 Å². The topological polar surface area (TPSA) is 43.1 Å². The maximum atomic E-state index is 12.8. The third-order valence-electron chi connectivity index (χ3n) is 4.57. The van der Waals surface area contributed by atoms with Gasteiger partial charge in [-0.05, 0) is 40.0 Å². The summed E-state index contributed by atoms with van der Waals surface area (Å²) in [6.45, 7) is 0.254. The van der Waals surface area contributed by atoms with Crippen molar-refractivity contribution in [2.75, 3.05) is 7.11 Å². The van der Waals surface area contributed by atoms with Gasteiger partial charge in [0.1, 0.15) is 5.75 Å². The molecule has 0 spiro atoms. The van der Waals surface area contributed by atoms with Crippen LogP contribution in [0.2, 0.25) is 0 Å². The molecule has 0 aliphatic heterocycles.